The molecule has 1 N–H and O–H groups in total. The van der Waals surface area contributed by atoms with Crippen molar-refractivity contribution in [3.63, 3.8) is 0 Å². The molecule has 180 valence electrons. The van der Waals surface area contributed by atoms with E-state index < -0.39 is 0 Å². The second-order valence-electron chi connectivity index (χ2n) is 7.90. The molecule has 0 unspecified atom stereocenters. The number of hydrogen-bond acceptors (Lipinski definition) is 6. The summed E-state index contributed by atoms with van der Waals surface area (Å²) in [7, 11) is 1.65. The van der Waals surface area contributed by atoms with Crippen molar-refractivity contribution in [3.05, 3.63) is 90.3 Å². The minimum Gasteiger partial charge on any atom is -0.485 e. The molecule has 0 atom stereocenters. The quantitative estimate of drug-likeness (QED) is 0.292. The summed E-state index contributed by atoms with van der Waals surface area (Å²) in [4.78, 5) is 12.4. The van der Waals surface area contributed by atoms with Crippen LogP contribution in [-0.2, 0) is 22.7 Å². The minimum atomic E-state index is -0.102. The largest absolute Gasteiger partial charge is 0.485 e. The Morgan fingerprint density at radius 3 is 2.49 bits per heavy atom. The molecule has 0 fully saturated rings. The van der Waals surface area contributed by atoms with E-state index in [1.165, 1.54) is 11.8 Å². The molecule has 0 saturated carbocycles. The lowest BCUT2D eigenvalue weighted by Crippen LogP contribution is -2.16. The van der Waals surface area contributed by atoms with Crippen LogP contribution in [0.2, 0.25) is 0 Å². The number of methoxy groups -OCH3 is 1. The van der Waals surface area contributed by atoms with Gasteiger partial charge in [-0.1, -0.05) is 78.0 Å². The van der Waals surface area contributed by atoms with E-state index in [0.717, 1.165) is 28.1 Å². The lowest BCUT2D eigenvalue weighted by molar-refractivity contribution is -0.113. The summed E-state index contributed by atoms with van der Waals surface area (Å²) in [6, 6.07) is 25.8. The highest BCUT2D eigenvalue weighted by Crippen LogP contribution is 2.30. The summed E-state index contributed by atoms with van der Waals surface area (Å²) in [5, 5.41) is 12.2. The van der Waals surface area contributed by atoms with Crippen LogP contribution in [0.5, 0.6) is 5.75 Å². The maximum atomic E-state index is 12.4. The molecule has 0 radical (unpaired) electrons. The van der Waals surface area contributed by atoms with Gasteiger partial charge in [0.15, 0.2) is 11.0 Å². The highest BCUT2D eigenvalue weighted by atomic mass is 32.2. The number of rotatable bonds is 11. The molecule has 0 aliphatic heterocycles. The second kappa shape index (κ2) is 12.2. The minimum absolute atomic E-state index is 0.102. The second-order valence-corrected chi connectivity index (χ2v) is 8.84. The Morgan fingerprint density at radius 2 is 1.71 bits per heavy atom. The Kier molecular flexibility index (Phi) is 8.53. The van der Waals surface area contributed by atoms with E-state index in [0.29, 0.717) is 24.1 Å². The van der Waals surface area contributed by atoms with E-state index in [4.69, 9.17) is 9.47 Å². The monoisotopic (exact) mass is 488 g/mol. The van der Waals surface area contributed by atoms with Crippen LogP contribution >= 0.6 is 11.8 Å². The average molecular weight is 489 g/mol. The number of thioether (sulfide) groups is 1. The fourth-order valence-corrected chi connectivity index (χ4v) is 4.28. The maximum absolute atomic E-state index is 12.4. The predicted octanol–water partition coefficient (Wildman–Crippen LogP) is 5.21. The molecule has 4 aromatic rings. The van der Waals surface area contributed by atoms with Crippen molar-refractivity contribution in [2.45, 2.75) is 25.2 Å². The van der Waals surface area contributed by atoms with Crippen molar-refractivity contribution < 1.29 is 14.3 Å². The predicted molar refractivity (Wildman–Crippen MR) is 139 cm³/mol. The topological polar surface area (TPSA) is 78.3 Å². The van der Waals surface area contributed by atoms with Gasteiger partial charge >= 0.3 is 0 Å². The van der Waals surface area contributed by atoms with Gasteiger partial charge in [0.1, 0.15) is 12.4 Å². The summed E-state index contributed by atoms with van der Waals surface area (Å²) in [6.07, 6.45) is 0. The number of carbonyl (C=O) groups excluding carboxylic acids is 1. The van der Waals surface area contributed by atoms with Gasteiger partial charge in [-0.15, -0.1) is 10.2 Å². The average Bonchev–Trinajstić information content (AvgIpc) is 3.28. The fourth-order valence-electron chi connectivity index (χ4n) is 3.49. The zero-order chi connectivity index (χ0) is 24.5. The van der Waals surface area contributed by atoms with Crippen molar-refractivity contribution in [1.29, 1.82) is 0 Å². The summed E-state index contributed by atoms with van der Waals surface area (Å²) in [5.74, 6) is 1.56. The number of hydrogen-bond donors (Lipinski definition) is 1. The number of nitrogens with zero attached hydrogens (tertiary/aromatic N) is 3. The van der Waals surface area contributed by atoms with E-state index >= 15 is 0 Å². The van der Waals surface area contributed by atoms with Crippen LogP contribution in [0, 0.1) is 6.92 Å². The standard InChI is InChI=1S/C27H28N4O3S/c1-20-12-14-22(15-13-20)28-26(32)19-35-27-30-29-25(31(27)16-17-33-2)18-34-24-11-7-6-10-23(24)21-8-4-3-5-9-21/h3-15H,16-19H2,1-2H3,(H,28,32). The number of benzene rings is 3. The smallest absolute Gasteiger partial charge is 0.234 e. The number of aryl methyl sites for hydroxylation is 1. The van der Waals surface area contributed by atoms with Crippen LogP contribution in [-0.4, -0.2) is 40.1 Å². The third-order valence-electron chi connectivity index (χ3n) is 5.31. The van der Waals surface area contributed by atoms with Gasteiger partial charge in [-0.2, -0.15) is 0 Å². The molecule has 35 heavy (non-hydrogen) atoms. The maximum Gasteiger partial charge on any atom is 0.234 e. The Morgan fingerprint density at radius 1 is 0.971 bits per heavy atom. The number of ether oxygens (including phenoxy) is 2. The third kappa shape index (κ3) is 6.71. The van der Waals surface area contributed by atoms with Crippen LogP contribution in [0.15, 0.2) is 84.0 Å². The van der Waals surface area contributed by atoms with Crippen molar-refractivity contribution in [1.82, 2.24) is 14.8 Å². The summed E-state index contributed by atoms with van der Waals surface area (Å²) < 4.78 is 13.4. The summed E-state index contributed by atoms with van der Waals surface area (Å²) >= 11 is 1.34. The van der Waals surface area contributed by atoms with Gasteiger partial charge in [0.05, 0.1) is 12.4 Å². The van der Waals surface area contributed by atoms with E-state index in [-0.39, 0.29) is 18.3 Å². The SMILES string of the molecule is COCCn1c(COc2ccccc2-c2ccccc2)nnc1SCC(=O)Nc1ccc(C)cc1. The molecule has 4 rings (SSSR count). The molecule has 0 saturated heterocycles. The molecule has 0 spiro atoms. The Bertz CT molecular complexity index is 1240. The first-order valence-corrected chi connectivity index (χ1v) is 12.3. The van der Waals surface area contributed by atoms with Crippen LogP contribution in [0.25, 0.3) is 11.1 Å². The first-order valence-electron chi connectivity index (χ1n) is 11.3. The van der Waals surface area contributed by atoms with Crippen molar-refractivity contribution in [2.75, 3.05) is 24.8 Å². The summed E-state index contributed by atoms with van der Waals surface area (Å²) in [6.45, 7) is 3.31. The van der Waals surface area contributed by atoms with Gasteiger partial charge in [0.25, 0.3) is 0 Å². The fraction of sp³-hybridized carbons (Fsp3) is 0.222. The molecule has 0 aliphatic rings. The molecule has 8 heteroatoms. The highest BCUT2D eigenvalue weighted by Gasteiger charge is 2.16. The van der Waals surface area contributed by atoms with Crippen molar-refractivity contribution in [2.24, 2.45) is 0 Å². The molecule has 1 amide bonds. The van der Waals surface area contributed by atoms with Gasteiger partial charge in [-0.25, -0.2) is 0 Å². The van der Waals surface area contributed by atoms with Gasteiger partial charge in [-0.05, 0) is 30.7 Å². The van der Waals surface area contributed by atoms with Crippen LogP contribution in [0.3, 0.4) is 0 Å². The highest BCUT2D eigenvalue weighted by molar-refractivity contribution is 7.99. The van der Waals surface area contributed by atoms with Gasteiger partial charge in [0, 0.05) is 24.9 Å². The molecule has 1 heterocycles. The molecular weight excluding hydrogens is 460 g/mol. The number of anilines is 1. The van der Waals surface area contributed by atoms with Crippen LogP contribution in [0.1, 0.15) is 11.4 Å². The lowest BCUT2D eigenvalue weighted by Gasteiger charge is -2.13. The third-order valence-corrected chi connectivity index (χ3v) is 6.28. The number of aromatic nitrogens is 3. The number of para-hydroxylation sites is 1. The lowest BCUT2D eigenvalue weighted by atomic mass is 10.1. The first-order chi connectivity index (χ1) is 17.1. The normalized spacial score (nSPS) is 10.8. The molecular formula is C27H28N4O3S. The van der Waals surface area contributed by atoms with E-state index in [1.54, 1.807) is 7.11 Å². The van der Waals surface area contributed by atoms with Gasteiger partial charge in [0.2, 0.25) is 5.91 Å². The molecule has 0 aliphatic carbocycles. The zero-order valence-electron chi connectivity index (χ0n) is 19.8. The molecule has 1 aromatic heterocycles. The van der Waals surface area contributed by atoms with Crippen molar-refractivity contribution in [3.8, 4) is 16.9 Å². The summed E-state index contributed by atoms with van der Waals surface area (Å²) in [5.41, 5.74) is 4.01. The molecule has 3 aromatic carbocycles. The van der Waals surface area contributed by atoms with Crippen LogP contribution in [0.4, 0.5) is 5.69 Å². The van der Waals surface area contributed by atoms with Crippen molar-refractivity contribution >= 4 is 23.4 Å². The Balaban J connectivity index is 1.43. The number of nitrogens with one attached hydrogen (secondary N) is 1. The Labute approximate surface area is 209 Å². The van der Waals surface area contributed by atoms with Crippen LogP contribution < -0.4 is 10.1 Å². The molecule has 7 nitrogen and oxygen atoms in total. The number of amides is 1. The number of carbonyl (C=O) groups is 1. The van der Waals surface area contributed by atoms with Gasteiger partial charge < -0.3 is 19.4 Å². The van der Waals surface area contributed by atoms with E-state index in [2.05, 4.69) is 27.6 Å². The van der Waals surface area contributed by atoms with Gasteiger partial charge in [-0.3, -0.25) is 4.79 Å². The zero-order valence-corrected chi connectivity index (χ0v) is 20.6. The van der Waals surface area contributed by atoms with E-state index in [9.17, 15) is 4.79 Å². The Hall–Kier alpha value is -3.62. The first kappa shape index (κ1) is 24.5. The van der Waals surface area contributed by atoms with E-state index in [1.807, 2.05) is 78.2 Å². The molecule has 0 bridgehead atoms.